The summed E-state index contributed by atoms with van der Waals surface area (Å²) in [5, 5.41) is 0. The van der Waals surface area contributed by atoms with E-state index in [2.05, 4.69) is 0 Å². The maximum atomic E-state index is 13.0. The molecule has 2 aromatic rings. The van der Waals surface area contributed by atoms with Gasteiger partial charge in [0.15, 0.2) is 15.6 Å². The fraction of sp³-hybridized carbons (Fsp3) is 0.348. The number of fused-ring (bicyclic) bond motifs is 3. The highest BCUT2D eigenvalue weighted by molar-refractivity contribution is 7.91. The quantitative estimate of drug-likeness (QED) is 0.648. The molecule has 0 spiro atoms. The van der Waals surface area contributed by atoms with Crippen molar-refractivity contribution in [2.75, 3.05) is 32.5 Å². The summed E-state index contributed by atoms with van der Waals surface area (Å²) in [7, 11) is 0.112. The van der Waals surface area contributed by atoms with Gasteiger partial charge in [0.25, 0.3) is 0 Å². The second-order valence-corrected chi connectivity index (χ2v) is 10.3. The zero-order chi connectivity index (χ0) is 22.5. The van der Waals surface area contributed by atoms with Crippen LogP contribution in [0.1, 0.15) is 27.9 Å². The molecule has 2 aromatic carbocycles. The van der Waals surface area contributed by atoms with Gasteiger partial charge in [-0.25, -0.2) is 8.42 Å². The van der Waals surface area contributed by atoms with Crippen LogP contribution in [0.5, 0.6) is 23.0 Å². The van der Waals surface area contributed by atoms with Crippen LogP contribution in [0, 0.1) is 0 Å². The Morgan fingerprint density at radius 1 is 1.16 bits per heavy atom. The summed E-state index contributed by atoms with van der Waals surface area (Å²) in [5.74, 6) is 2.62. The number of hydrogen-bond acceptors (Lipinski definition) is 8. The van der Waals surface area contributed by atoms with Crippen LogP contribution in [0.4, 0.5) is 0 Å². The highest BCUT2D eigenvalue weighted by Crippen LogP contribution is 2.43. The van der Waals surface area contributed by atoms with Crippen molar-refractivity contribution >= 4 is 21.7 Å². The second kappa shape index (κ2) is 7.83. The maximum absolute atomic E-state index is 13.0. The number of methoxy groups -OCH3 is 2. The highest BCUT2D eigenvalue weighted by Gasteiger charge is 2.38. The number of nitrogens with zero attached hydrogens (tertiary/aromatic N) is 1. The number of ketones is 1. The van der Waals surface area contributed by atoms with E-state index >= 15 is 0 Å². The number of rotatable bonds is 4. The third kappa shape index (κ3) is 3.61. The molecule has 0 aliphatic carbocycles. The molecule has 3 aliphatic rings. The lowest BCUT2D eigenvalue weighted by molar-refractivity contribution is 0.0634. The molecule has 0 amide bonds. The summed E-state index contributed by atoms with van der Waals surface area (Å²) < 4.78 is 46.4. The van der Waals surface area contributed by atoms with Crippen LogP contribution < -0.4 is 18.9 Å². The minimum absolute atomic E-state index is 0.0975. The summed E-state index contributed by atoms with van der Waals surface area (Å²) in [5.41, 5.74) is 1.91. The van der Waals surface area contributed by atoms with Gasteiger partial charge in [0.2, 0.25) is 5.78 Å². The van der Waals surface area contributed by atoms with Gasteiger partial charge in [-0.15, -0.1) is 0 Å². The molecule has 0 N–H and O–H groups in total. The molecular formula is C23H23NO7S. The Morgan fingerprint density at radius 2 is 2.00 bits per heavy atom. The maximum Gasteiger partial charge on any atom is 0.231 e. The van der Waals surface area contributed by atoms with Crippen molar-refractivity contribution in [2.24, 2.45) is 0 Å². The smallest absolute Gasteiger partial charge is 0.231 e. The number of benzene rings is 2. The molecule has 32 heavy (non-hydrogen) atoms. The third-order valence-corrected chi connectivity index (χ3v) is 7.85. The molecule has 5 rings (SSSR count). The first-order chi connectivity index (χ1) is 15.4. The summed E-state index contributed by atoms with van der Waals surface area (Å²) in [4.78, 5) is 15.0. The van der Waals surface area contributed by atoms with E-state index in [9.17, 15) is 13.2 Å². The second-order valence-electron chi connectivity index (χ2n) is 8.04. The number of ether oxygens (including phenoxy) is 4. The first kappa shape index (κ1) is 20.8. The van der Waals surface area contributed by atoms with Gasteiger partial charge in [0.1, 0.15) is 29.7 Å². The topological polar surface area (TPSA) is 91.4 Å². The van der Waals surface area contributed by atoms with Crippen LogP contribution in [0.25, 0.3) is 6.08 Å². The normalized spacial score (nSPS) is 22.8. The zero-order valence-electron chi connectivity index (χ0n) is 17.8. The van der Waals surface area contributed by atoms with Crippen LogP contribution in [-0.4, -0.2) is 57.6 Å². The van der Waals surface area contributed by atoms with Crippen LogP contribution in [-0.2, 0) is 16.4 Å². The molecule has 0 radical (unpaired) electrons. The Bertz CT molecular complexity index is 1240. The Labute approximate surface area is 186 Å². The van der Waals surface area contributed by atoms with Crippen molar-refractivity contribution < 1.29 is 32.2 Å². The van der Waals surface area contributed by atoms with Crippen LogP contribution in [0.3, 0.4) is 0 Å². The predicted molar refractivity (Wildman–Crippen MR) is 117 cm³/mol. The molecule has 1 saturated heterocycles. The monoisotopic (exact) mass is 457 g/mol. The molecule has 0 bridgehead atoms. The number of Topliss-reactive ketones (excluding diaryl/α,β-unsaturated/α-hetero) is 1. The van der Waals surface area contributed by atoms with Crippen LogP contribution >= 0.6 is 0 Å². The molecule has 0 aromatic heterocycles. The van der Waals surface area contributed by atoms with Crippen molar-refractivity contribution in [3.05, 3.63) is 52.8 Å². The molecule has 1 atom stereocenters. The molecule has 1 unspecified atom stereocenters. The first-order valence-corrected chi connectivity index (χ1v) is 12.1. The van der Waals surface area contributed by atoms with E-state index in [4.69, 9.17) is 18.9 Å². The Hall–Kier alpha value is -3.04. The molecule has 3 aliphatic heterocycles. The summed E-state index contributed by atoms with van der Waals surface area (Å²) in [6.07, 6.45) is 2.23. The standard InChI is InChI=1S/C23H23NO7S/c1-28-16-4-3-14(20(10-16)29-2)9-21-22(25)17-5-6-19-18(23(17)31-21)11-24(13-30-19)15-7-8-32(26,27)12-15/h3-6,9-10,15H,7-8,11-13H2,1-2H3/b21-9+. The molecule has 9 heteroatoms. The minimum Gasteiger partial charge on any atom is -0.497 e. The van der Waals surface area contributed by atoms with Gasteiger partial charge < -0.3 is 18.9 Å². The molecule has 1 fully saturated rings. The van der Waals surface area contributed by atoms with Crippen molar-refractivity contribution in [3.8, 4) is 23.0 Å². The molecule has 0 saturated carbocycles. The summed E-state index contributed by atoms with van der Waals surface area (Å²) in [6.45, 7) is 0.775. The van der Waals surface area contributed by atoms with E-state index in [1.165, 1.54) is 0 Å². The average molecular weight is 458 g/mol. The molecular weight excluding hydrogens is 434 g/mol. The third-order valence-electron chi connectivity index (χ3n) is 6.10. The lowest BCUT2D eigenvalue weighted by Crippen LogP contribution is -2.41. The van der Waals surface area contributed by atoms with E-state index in [1.807, 2.05) is 4.90 Å². The molecule has 168 valence electrons. The van der Waals surface area contributed by atoms with E-state index in [0.717, 1.165) is 5.56 Å². The Morgan fingerprint density at radius 3 is 2.72 bits per heavy atom. The summed E-state index contributed by atoms with van der Waals surface area (Å²) >= 11 is 0. The SMILES string of the molecule is COc1ccc(/C=C2/Oc3c(ccc4c3CN(C3CCS(=O)(=O)C3)CO4)C2=O)c(OC)c1. The van der Waals surface area contributed by atoms with Gasteiger partial charge in [0, 0.05) is 24.2 Å². The van der Waals surface area contributed by atoms with Crippen molar-refractivity contribution in [2.45, 2.75) is 19.0 Å². The first-order valence-electron chi connectivity index (χ1n) is 10.3. The number of allylic oxidation sites excluding steroid dienone is 1. The van der Waals surface area contributed by atoms with Gasteiger partial charge in [-0.3, -0.25) is 9.69 Å². The van der Waals surface area contributed by atoms with Crippen LogP contribution in [0.2, 0.25) is 0 Å². The van der Waals surface area contributed by atoms with E-state index < -0.39 is 9.84 Å². The average Bonchev–Trinajstić information content (AvgIpc) is 3.32. The number of hydrogen-bond donors (Lipinski definition) is 0. The van der Waals surface area contributed by atoms with Crippen LogP contribution in [0.15, 0.2) is 36.1 Å². The van der Waals surface area contributed by atoms with Gasteiger partial charge in [-0.2, -0.15) is 0 Å². The molecule has 8 nitrogen and oxygen atoms in total. The van der Waals surface area contributed by atoms with Crippen molar-refractivity contribution in [3.63, 3.8) is 0 Å². The highest BCUT2D eigenvalue weighted by atomic mass is 32.2. The Kier molecular flexibility index (Phi) is 5.10. The summed E-state index contributed by atoms with van der Waals surface area (Å²) in [6, 6.07) is 8.70. The fourth-order valence-electron chi connectivity index (χ4n) is 4.35. The Balaban J connectivity index is 1.45. The van der Waals surface area contributed by atoms with Gasteiger partial charge in [-0.05, 0) is 36.8 Å². The minimum atomic E-state index is -3.01. The zero-order valence-corrected chi connectivity index (χ0v) is 18.6. The largest absolute Gasteiger partial charge is 0.497 e. The number of carbonyl (C=O) groups excluding carboxylic acids is 1. The lowest BCUT2D eigenvalue weighted by Gasteiger charge is -2.33. The fourth-order valence-corrected chi connectivity index (χ4v) is 6.11. The van der Waals surface area contributed by atoms with Gasteiger partial charge in [0.05, 0.1) is 36.9 Å². The van der Waals surface area contributed by atoms with Crippen molar-refractivity contribution in [1.29, 1.82) is 0 Å². The number of sulfone groups is 1. The predicted octanol–water partition coefficient (Wildman–Crippen LogP) is 2.66. The molecule has 3 heterocycles. The van der Waals surface area contributed by atoms with Gasteiger partial charge >= 0.3 is 0 Å². The van der Waals surface area contributed by atoms with Gasteiger partial charge in [-0.1, -0.05) is 0 Å². The van der Waals surface area contributed by atoms with E-state index in [1.54, 1.807) is 50.6 Å². The van der Waals surface area contributed by atoms with Crippen molar-refractivity contribution in [1.82, 2.24) is 4.90 Å². The number of carbonyl (C=O) groups is 1. The van der Waals surface area contributed by atoms with E-state index in [-0.39, 0.29) is 29.1 Å². The lowest BCUT2D eigenvalue weighted by atomic mass is 10.0. The van der Waals surface area contributed by atoms with E-state index in [0.29, 0.717) is 53.8 Å².